The highest BCUT2D eigenvalue weighted by Gasteiger charge is 2.12. The lowest BCUT2D eigenvalue weighted by Gasteiger charge is -2.13. The number of carbonyl (C=O) groups is 1. The summed E-state index contributed by atoms with van der Waals surface area (Å²) in [6.07, 6.45) is 3.97. The summed E-state index contributed by atoms with van der Waals surface area (Å²) < 4.78 is 13.5. The van der Waals surface area contributed by atoms with Gasteiger partial charge in [-0.2, -0.15) is 0 Å². The molecule has 0 saturated carbocycles. The summed E-state index contributed by atoms with van der Waals surface area (Å²) in [5, 5.41) is 2.90. The molecule has 166 valence electrons. The second-order valence-corrected chi connectivity index (χ2v) is 7.93. The summed E-state index contributed by atoms with van der Waals surface area (Å²) in [6, 6.07) is 17.8. The first-order chi connectivity index (χ1) is 15.6. The number of amides is 1. The minimum Gasteiger partial charge on any atom is -0.493 e. The number of aryl methyl sites for hydroxylation is 4. The van der Waals surface area contributed by atoms with Crippen molar-refractivity contribution in [2.75, 3.05) is 13.2 Å². The maximum absolute atomic E-state index is 12.0. The van der Waals surface area contributed by atoms with Gasteiger partial charge in [-0.1, -0.05) is 30.3 Å². The molecule has 2 heterocycles. The van der Waals surface area contributed by atoms with Gasteiger partial charge in [0.05, 0.1) is 23.9 Å². The van der Waals surface area contributed by atoms with Crippen molar-refractivity contribution in [1.29, 1.82) is 0 Å². The molecule has 4 aromatic rings. The third kappa shape index (κ3) is 5.02. The van der Waals surface area contributed by atoms with E-state index in [4.69, 9.17) is 14.1 Å². The van der Waals surface area contributed by atoms with Crippen LogP contribution >= 0.6 is 0 Å². The van der Waals surface area contributed by atoms with E-state index in [1.54, 1.807) is 12.1 Å². The molecule has 0 aliphatic heterocycles. The van der Waals surface area contributed by atoms with Crippen LogP contribution in [0.15, 0.2) is 65.3 Å². The molecule has 32 heavy (non-hydrogen) atoms. The van der Waals surface area contributed by atoms with Gasteiger partial charge in [0.25, 0.3) is 5.91 Å². The molecular weight excluding hydrogens is 402 g/mol. The van der Waals surface area contributed by atoms with E-state index < -0.39 is 0 Å². The van der Waals surface area contributed by atoms with E-state index in [9.17, 15) is 4.79 Å². The Morgan fingerprint density at radius 1 is 1.03 bits per heavy atom. The minimum absolute atomic E-state index is 0.188. The van der Waals surface area contributed by atoms with Crippen LogP contribution in [-0.2, 0) is 13.0 Å². The number of carbonyl (C=O) groups excluding carboxylic acids is 1. The average Bonchev–Trinajstić information content (AvgIpc) is 3.44. The molecule has 0 radical (unpaired) electrons. The highest BCUT2D eigenvalue weighted by Crippen LogP contribution is 2.23. The standard InChI is InChI=1S/C26H29N3O3/c1-19-9-5-10-20(2)25(19)32-18-8-16-29-22-12-4-3-11-21(22)28-24(29)14-6-15-27-26(30)23-13-7-17-31-23/h3-5,7,9-13,17H,6,8,14-16,18H2,1-2H3,(H,27,30). The zero-order chi connectivity index (χ0) is 22.3. The Balaban J connectivity index is 1.35. The predicted octanol–water partition coefficient (Wildman–Crippen LogP) is 5.08. The van der Waals surface area contributed by atoms with Crippen molar-refractivity contribution in [2.45, 2.75) is 39.7 Å². The summed E-state index contributed by atoms with van der Waals surface area (Å²) in [5.74, 6) is 2.16. The minimum atomic E-state index is -0.188. The molecule has 0 saturated heterocycles. The molecule has 1 amide bonds. The lowest BCUT2D eigenvalue weighted by molar-refractivity contribution is 0.0925. The van der Waals surface area contributed by atoms with Crippen LogP contribution in [0.3, 0.4) is 0 Å². The number of fused-ring (bicyclic) bond motifs is 1. The number of imidazole rings is 1. The summed E-state index contributed by atoms with van der Waals surface area (Å²) in [5.41, 5.74) is 4.46. The van der Waals surface area contributed by atoms with Gasteiger partial charge in [-0.3, -0.25) is 4.79 Å². The third-order valence-corrected chi connectivity index (χ3v) is 5.52. The van der Waals surface area contributed by atoms with Crippen LogP contribution in [0.25, 0.3) is 11.0 Å². The smallest absolute Gasteiger partial charge is 0.286 e. The molecule has 1 N–H and O–H groups in total. The van der Waals surface area contributed by atoms with Crippen LogP contribution in [-0.4, -0.2) is 28.6 Å². The first-order valence-corrected chi connectivity index (χ1v) is 11.1. The fourth-order valence-electron chi connectivity index (χ4n) is 3.93. The molecule has 6 nitrogen and oxygen atoms in total. The molecule has 0 spiro atoms. The van der Waals surface area contributed by atoms with Crippen molar-refractivity contribution in [1.82, 2.24) is 14.9 Å². The highest BCUT2D eigenvalue weighted by molar-refractivity contribution is 5.91. The summed E-state index contributed by atoms with van der Waals surface area (Å²) in [7, 11) is 0. The normalized spacial score (nSPS) is 11.1. The highest BCUT2D eigenvalue weighted by atomic mass is 16.5. The van der Waals surface area contributed by atoms with E-state index in [-0.39, 0.29) is 5.91 Å². The molecule has 0 aliphatic rings. The number of ether oxygens (including phenoxy) is 1. The van der Waals surface area contributed by atoms with Crippen LogP contribution in [0.5, 0.6) is 5.75 Å². The van der Waals surface area contributed by atoms with Crippen molar-refractivity contribution in [3.63, 3.8) is 0 Å². The molecule has 0 aliphatic carbocycles. The van der Waals surface area contributed by atoms with Gasteiger partial charge in [-0.25, -0.2) is 4.98 Å². The lowest BCUT2D eigenvalue weighted by Crippen LogP contribution is -2.24. The maximum atomic E-state index is 12.0. The lowest BCUT2D eigenvalue weighted by atomic mass is 10.1. The van der Waals surface area contributed by atoms with Crippen LogP contribution in [0.1, 0.15) is 40.3 Å². The number of furan rings is 1. The monoisotopic (exact) mass is 431 g/mol. The van der Waals surface area contributed by atoms with Crippen LogP contribution in [0.2, 0.25) is 0 Å². The SMILES string of the molecule is Cc1cccc(C)c1OCCCn1c(CCCNC(=O)c2ccco2)nc2ccccc21. The summed E-state index contributed by atoms with van der Waals surface area (Å²) >= 11 is 0. The molecule has 6 heteroatoms. The molecule has 0 atom stereocenters. The fourth-order valence-corrected chi connectivity index (χ4v) is 3.93. The Labute approximate surface area is 188 Å². The van der Waals surface area contributed by atoms with Crippen molar-refractivity contribution in [2.24, 2.45) is 0 Å². The molecule has 0 unspecified atom stereocenters. The van der Waals surface area contributed by atoms with Gasteiger partial charge in [-0.05, 0) is 62.1 Å². The van der Waals surface area contributed by atoms with Gasteiger partial charge in [0, 0.05) is 19.5 Å². The molecular formula is C26H29N3O3. The topological polar surface area (TPSA) is 69.3 Å². The third-order valence-electron chi connectivity index (χ3n) is 5.52. The number of rotatable bonds is 10. The van der Waals surface area contributed by atoms with E-state index in [1.807, 2.05) is 18.2 Å². The Morgan fingerprint density at radius 3 is 2.62 bits per heavy atom. The number of nitrogens with one attached hydrogen (secondary N) is 1. The second kappa shape index (κ2) is 10.2. The second-order valence-electron chi connectivity index (χ2n) is 7.93. The van der Waals surface area contributed by atoms with Gasteiger partial charge < -0.3 is 19.0 Å². The Bertz CT molecular complexity index is 1160. The van der Waals surface area contributed by atoms with Gasteiger partial charge in [0.2, 0.25) is 0 Å². The van der Waals surface area contributed by atoms with Gasteiger partial charge in [0.1, 0.15) is 11.6 Å². The quantitative estimate of drug-likeness (QED) is 0.356. The Morgan fingerprint density at radius 2 is 1.84 bits per heavy atom. The Kier molecular flexibility index (Phi) is 6.90. The number of hydrogen-bond acceptors (Lipinski definition) is 4. The number of hydrogen-bond donors (Lipinski definition) is 1. The first-order valence-electron chi connectivity index (χ1n) is 11.1. The maximum Gasteiger partial charge on any atom is 0.286 e. The zero-order valence-electron chi connectivity index (χ0n) is 18.6. The van der Waals surface area contributed by atoms with Gasteiger partial charge in [-0.15, -0.1) is 0 Å². The number of benzene rings is 2. The van der Waals surface area contributed by atoms with Gasteiger partial charge >= 0.3 is 0 Å². The van der Waals surface area contributed by atoms with Crippen molar-refractivity contribution < 1.29 is 13.9 Å². The molecule has 2 aromatic carbocycles. The molecule has 4 rings (SSSR count). The zero-order valence-corrected chi connectivity index (χ0v) is 18.6. The van der Waals surface area contributed by atoms with Crippen LogP contribution in [0, 0.1) is 13.8 Å². The number of nitrogens with zero attached hydrogens (tertiary/aromatic N) is 2. The fraction of sp³-hybridized carbons (Fsp3) is 0.308. The number of aromatic nitrogens is 2. The van der Waals surface area contributed by atoms with Gasteiger partial charge in [0.15, 0.2) is 5.76 Å². The average molecular weight is 432 g/mol. The van der Waals surface area contributed by atoms with Crippen LogP contribution in [0.4, 0.5) is 0 Å². The van der Waals surface area contributed by atoms with E-state index >= 15 is 0 Å². The Hall–Kier alpha value is -3.54. The van der Waals surface area contributed by atoms with E-state index in [0.717, 1.165) is 59.5 Å². The van der Waals surface area contributed by atoms with E-state index in [2.05, 4.69) is 48.0 Å². The molecule has 0 bridgehead atoms. The summed E-state index contributed by atoms with van der Waals surface area (Å²) in [4.78, 5) is 16.9. The van der Waals surface area contributed by atoms with Crippen molar-refractivity contribution >= 4 is 16.9 Å². The van der Waals surface area contributed by atoms with Crippen LogP contribution < -0.4 is 10.1 Å². The predicted molar refractivity (Wildman–Crippen MR) is 125 cm³/mol. The summed E-state index contributed by atoms with van der Waals surface area (Å²) in [6.45, 7) is 6.21. The van der Waals surface area contributed by atoms with Crippen molar-refractivity contribution in [3.05, 3.63) is 83.6 Å². The molecule has 2 aromatic heterocycles. The van der Waals surface area contributed by atoms with E-state index in [1.165, 1.54) is 6.26 Å². The molecule has 0 fully saturated rings. The largest absolute Gasteiger partial charge is 0.493 e. The van der Waals surface area contributed by atoms with Crippen molar-refractivity contribution in [3.8, 4) is 5.75 Å². The van der Waals surface area contributed by atoms with E-state index in [0.29, 0.717) is 18.9 Å². The number of para-hydroxylation sites is 3. The first kappa shape index (κ1) is 21.7.